The Morgan fingerprint density at radius 3 is 2.47 bits per heavy atom. The molecule has 106 valence electrons. The minimum atomic E-state index is -0.449. The van der Waals surface area contributed by atoms with Crippen LogP contribution in [0.5, 0.6) is 0 Å². The van der Waals surface area contributed by atoms with E-state index in [1.807, 2.05) is 32.0 Å². The summed E-state index contributed by atoms with van der Waals surface area (Å²) in [4.78, 5) is 11.9. The van der Waals surface area contributed by atoms with Gasteiger partial charge in [-0.3, -0.25) is 4.79 Å². The Bertz CT molecular complexity index is 444. The van der Waals surface area contributed by atoms with Crippen LogP contribution >= 0.6 is 15.9 Å². The molecule has 1 aromatic carbocycles. The van der Waals surface area contributed by atoms with E-state index in [2.05, 4.69) is 41.2 Å². The van der Waals surface area contributed by atoms with Gasteiger partial charge in [0.15, 0.2) is 0 Å². The Hall–Kier alpha value is -0.870. The normalized spacial score (nSPS) is 13.4. The molecule has 3 nitrogen and oxygen atoms in total. The maximum Gasteiger partial charge on any atom is 0.237 e. The Kier molecular flexibility index (Phi) is 5.56. The molecule has 0 saturated carbocycles. The molecule has 4 heteroatoms. The van der Waals surface area contributed by atoms with Crippen molar-refractivity contribution < 1.29 is 4.79 Å². The van der Waals surface area contributed by atoms with Gasteiger partial charge in [0.25, 0.3) is 0 Å². The van der Waals surface area contributed by atoms with Crippen molar-refractivity contribution in [2.45, 2.75) is 39.2 Å². The number of benzene rings is 1. The summed E-state index contributed by atoms with van der Waals surface area (Å²) in [5.41, 5.74) is 6.86. The van der Waals surface area contributed by atoms with Crippen molar-refractivity contribution in [1.29, 1.82) is 0 Å². The lowest BCUT2D eigenvalue weighted by atomic mass is 9.84. The molecule has 1 atom stereocenters. The third-order valence-electron chi connectivity index (χ3n) is 3.33. The van der Waals surface area contributed by atoms with E-state index in [-0.39, 0.29) is 17.2 Å². The van der Waals surface area contributed by atoms with Crippen LogP contribution in [-0.2, 0) is 10.2 Å². The first-order chi connectivity index (χ1) is 8.75. The van der Waals surface area contributed by atoms with E-state index in [4.69, 9.17) is 5.73 Å². The van der Waals surface area contributed by atoms with Crippen LogP contribution in [0, 0.1) is 5.92 Å². The quantitative estimate of drug-likeness (QED) is 0.874. The molecule has 19 heavy (non-hydrogen) atoms. The summed E-state index contributed by atoms with van der Waals surface area (Å²) in [6.07, 6.45) is 0. The molecule has 0 saturated heterocycles. The Morgan fingerprint density at radius 1 is 1.37 bits per heavy atom. The average molecular weight is 327 g/mol. The number of nitrogens with two attached hydrogens (primary N) is 1. The fourth-order valence-corrected chi connectivity index (χ4v) is 2.66. The van der Waals surface area contributed by atoms with Crippen molar-refractivity contribution in [3.63, 3.8) is 0 Å². The minimum absolute atomic E-state index is 0.0878. The van der Waals surface area contributed by atoms with E-state index in [1.165, 1.54) is 5.56 Å². The second kappa shape index (κ2) is 6.53. The number of halogens is 1. The lowest BCUT2D eigenvalue weighted by Crippen LogP contribution is -2.47. The fourth-order valence-electron chi connectivity index (χ4n) is 1.83. The van der Waals surface area contributed by atoms with Crippen LogP contribution < -0.4 is 11.1 Å². The van der Waals surface area contributed by atoms with Crippen molar-refractivity contribution >= 4 is 21.8 Å². The summed E-state index contributed by atoms with van der Waals surface area (Å²) in [5, 5.41) is 2.94. The maximum absolute atomic E-state index is 11.9. The molecule has 0 spiro atoms. The largest absolute Gasteiger partial charge is 0.354 e. The van der Waals surface area contributed by atoms with Crippen LogP contribution in [-0.4, -0.2) is 18.5 Å². The Balaban J connectivity index is 2.71. The maximum atomic E-state index is 11.9. The van der Waals surface area contributed by atoms with Gasteiger partial charge in [-0.25, -0.2) is 0 Å². The number of nitrogens with one attached hydrogen (secondary N) is 1. The van der Waals surface area contributed by atoms with Crippen molar-refractivity contribution in [3.05, 3.63) is 34.3 Å². The van der Waals surface area contributed by atoms with Crippen LogP contribution in [0.2, 0.25) is 0 Å². The molecule has 0 aliphatic rings. The summed E-state index contributed by atoms with van der Waals surface area (Å²) >= 11 is 3.55. The van der Waals surface area contributed by atoms with Gasteiger partial charge in [-0.1, -0.05) is 61.8 Å². The second-order valence-corrected chi connectivity index (χ2v) is 6.71. The summed E-state index contributed by atoms with van der Waals surface area (Å²) in [6.45, 7) is 8.67. The van der Waals surface area contributed by atoms with E-state index < -0.39 is 6.04 Å². The highest BCUT2D eigenvalue weighted by molar-refractivity contribution is 9.10. The molecule has 1 rings (SSSR count). The number of hydrogen-bond acceptors (Lipinski definition) is 2. The first-order valence-electron chi connectivity index (χ1n) is 6.54. The predicted octanol–water partition coefficient (Wildman–Crippen LogP) is 2.83. The summed E-state index contributed by atoms with van der Waals surface area (Å²) in [6, 6.07) is 7.62. The second-order valence-electron chi connectivity index (χ2n) is 5.85. The van der Waals surface area contributed by atoms with E-state index >= 15 is 0 Å². The molecule has 0 fully saturated rings. The number of rotatable bonds is 5. The molecular weight excluding hydrogens is 304 g/mol. The Morgan fingerprint density at radius 2 is 1.95 bits per heavy atom. The third-order valence-corrected chi connectivity index (χ3v) is 4.02. The standard InChI is InChI=1S/C15H23BrN2O/c1-10(2)13(17)14(19)18-9-15(3,4)11-7-5-6-8-12(11)16/h5-8,10,13H,9,17H2,1-4H3,(H,18,19)/t13-/m0/s1. The molecule has 0 aliphatic heterocycles. The van der Waals surface area contributed by atoms with Gasteiger partial charge in [0.05, 0.1) is 6.04 Å². The lowest BCUT2D eigenvalue weighted by Gasteiger charge is -2.28. The van der Waals surface area contributed by atoms with Gasteiger partial charge in [0, 0.05) is 16.4 Å². The van der Waals surface area contributed by atoms with E-state index in [0.717, 1.165) is 4.47 Å². The van der Waals surface area contributed by atoms with Gasteiger partial charge >= 0.3 is 0 Å². The van der Waals surface area contributed by atoms with Gasteiger partial charge in [0.2, 0.25) is 5.91 Å². The number of carbonyl (C=O) groups excluding carboxylic acids is 1. The number of hydrogen-bond donors (Lipinski definition) is 2. The van der Waals surface area contributed by atoms with Crippen molar-refractivity contribution in [1.82, 2.24) is 5.32 Å². The van der Waals surface area contributed by atoms with Gasteiger partial charge in [-0.05, 0) is 17.5 Å². The van der Waals surface area contributed by atoms with Crippen LogP contribution in [0.15, 0.2) is 28.7 Å². The summed E-state index contributed by atoms with van der Waals surface area (Å²) in [7, 11) is 0. The van der Waals surface area contributed by atoms with Crippen molar-refractivity contribution in [2.75, 3.05) is 6.54 Å². The molecular formula is C15H23BrN2O. The smallest absolute Gasteiger partial charge is 0.237 e. The zero-order valence-corrected chi connectivity index (χ0v) is 13.6. The molecule has 3 N–H and O–H groups in total. The van der Waals surface area contributed by atoms with Crippen LogP contribution in [0.4, 0.5) is 0 Å². The third kappa shape index (κ3) is 4.32. The van der Waals surface area contributed by atoms with Crippen molar-refractivity contribution in [3.8, 4) is 0 Å². The minimum Gasteiger partial charge on any atom is -0.354 e. The van der Waals surface area contributed by atoms with Crippen molar-refractivity contribution in [2.24, 2.45) is 11.7 Å². The molecule has 0 heterocycles. The fraction of sp³-hybridized carbons (Fsp3) is 0.533. The molecule has 0 aromatic heterocycles. The molecule has 1 aromatic rings. The van der Waals surface area contributed by atoms with E-state index in [9.17, 15) is 4.79 Å². The molecule has 0 unspecified atom stereocenters. The first-order valence-corrected chi connectivity index (χ1v) is 7.33. The Labute approximate surface area is 124 Å². The zero-order chi connectivity index (χ0) is 14.6. The van der Waals surface area contributed by atoms with Gasteiger partial charge in [-0.15, -0.1) is 0 Å². The topological polar surface area (TPSA) is 55.1 Å². The van der Waals surface area contributed by atoms with E-state index in [1.54, 1.807) is 0 Å². The van der Waals surface area contributed by atoms with Crippen LogP contribution in [0.25, 0.3) is 0 Å². The highest BCUT2D eigenvalue weighted by atomic mass is 79.9. The van der Waals surface area contributed by atoms with Crippen LogP contribution in [0.1, 0.15) is 33.3 Å². The van der Waals surface area contributed by atoms with Gasteiger partial charge in [0.1, 0.15) is 0 Å². The SMILES string of the molecule is CC(C)[C@H](N)C(=O)NCC(C)(C)c1ccccc1Br. The van der Waals surface area contributed by atoms with Crippen LogP contribution in [0.3, 0.4) is 0 Å². The van der Waals surface area contributed by atoms with E-state index in [0.29, 0.717) is 6.54 Å². The predicted molar refractivity (Wildman–Crippen MR) is 83.0 cm³/mol. The lowest BCUT2D eigenvalue weighted by molar-refractivity contribution is -0.123. The zero-order valence-electron chi connectivity index (χ0n) is 12.0. The number of carbonyl (C=O) groups is 1. The summed E-state index contributed by atoms with van der Waals surface area (Å²) < 4.78 is 1.06. The number of amides is 1. The van der Waals surface area contributed by atoms with Gasteiger partial charge < -0.3 is 11.1 Å². The highest BCUT2D eigenvalue weighted by Crippen LogP contribution is 2.29. The molecule has 0 bridgehead atoms. The highest BCUT2D eigenvalue weighted by Gasteiger charge is 2.25. The average Bonchev–Trinajstić information content (AvgIpc) is 2.35. The first kappa shape index (κ1) is 16.2. The molecule has 0 radical (unpaired) electrons. The monoisotopic (exact) mass is 326 g/mol. The molecule has 0 aliphatic carbocycles. The van der Waals surface area contributed by atoms with Gasteiger partial charge in [-0.2, -0.15) is 0 Å². The summed E-state index contributed by atoms with van der Waals surface area (Å²) in [5.74, 6) is 0.0571. The molecule has 1 amide bonds.